The maximum absolute atomic E-state index is 5.79. The first-order valence-corrected chi connectivity index (χ1v) is 5.43. The number of furan rings is 1. The molecule has 3 heteroatoms. The van der Waals surface area contributed by atoms with Gasteiger partial charge in [0.2, 0.25) is 0 Å². The zero-order valence-electron chi connectivity index (χ0n) is 8.92. The van der Waals surface area contributed by atoms with Crippen LogP contribution in [0.2, 0.25) is 0 Å². The highest BCUT2D eigenvalue weighted by atomic mass is 16.4. The van der Waals surface area contributed by atoms with Crippen LogP contribution < -0.4 is 10.2 Å². The highest BCUT2D eigenvalue weighted by Crippen LogP contribution is 2.28. The minimum absolute atomic E-state index is 0.458. The van der Waals surface area contributed by atoms with Crippen LogP contribution in [0.1, 0.15) is 32.1 Å². The number of rotatable bonds is 4. The molecule has 1 N–H and O–H groups in total. The lowest BCUT2D eigenvalue weighted by molar-refractivity contribution is 0.320. The van der Waals surface area contributed by atoms with Crippen LogP contribution in [0.5, 0.6) is 0 Å². The Labute approximate surface area is 85.1 Å². The van der Waals surface area contributed by atoms with Crippen LogP contribution in [0.3, 0.4) is 0 Å². The molecule has 0 aliphatic carbocycles. The van der Waals surface area contributed by atoms with Crippen LogP contribution in [0, 0.1) is 0 Å². The molecule has 78 valence electrons. The molecule has 0 saturated carbocycles. The normalized spacial score (nSPS) is 20.6. The van der Waals surface area contributed by atoms with Gasteiger partial charge in [-0.05, 0) is 32.9 Å². The van der Waals surface area contributed by atoms with Crippen molar-refractivity contribution in [3.63, 3.8) is 0 Å². The van der Waals surface area contributed by atoms with Gasteiger partial charge in [-0.15, -0.1) is 0 Å². The molecule has 2 rings (SSSR count). The van der Waals surface area contributed by atoms with E-state index >= 15 is 0 Å². The van der Waals surface area contributed by atoms with Crippen molar-refractivity contribution in [1.29, 1.82) is 0 Å². The molecule has 1 aromatic rings. The van der Waals surface area contributed by atoms with E-state index in [1.807, 2.05) is 0 Å². The monoisotopic (exact) mass is 194 g/mol. The van der Waals surface area contributed by atoms with Gasteiger partial charge in [0, 0.05) is 19.2 Å². The van der Waals surface area contributed by atoms with E-state index in [1.54, 1.807) is 0 Å². The fourth-order valence-corrected chi connectivity index (χ4v) is 1.77. The van der Waals surface area contributed by atoms with Crippen LogP contribution in [-0.4, -0.2) is 19.6 Å². The Balaban J connectivity index is 2.07. The molecule has 0 unspecified atom stereocenters. The molecule has 0 amide bonds. The molecular weight excluding hydrogens is 176 g/mol. The Morgan fingerprint density at radius 1 is 1.43 bits per heavy atom. The van der Waals surface area contributed by atoms with Crippen LogP contribution in [0.4, 0.5) is 5.88 Å². The number of nitrogens with zero attached hydrogens (tertiary/aromatic N) is 1. The quantitative estimate of drug-likeness (QED) is 0.796. The molecule has 0 bridgehead atoms. The van der Waals surface area contributed by atoms with Crippen molar-refractivity contribution < 1.29 is 4.42 Å². The molecule has 1 saturated heterocycles. The highest BCUT2D eigenvalue weighted by molar-refractivity contribution is 5.36. The maximum Gasteiger partial charge on any atom is 0.195 e. The Kier molecular flexibility index (Phi) is 2.77. The first-order valence-electron chi connectivity index (χ1n) is 5.43. The molecular formula is C11H18N2O. The molecule has 0 radical (unpaired) electrons. The summed E-state index contributed by atoms with van der Waals surface area (Å²) in [5, 5.41) is 3.34. The van der Waals surface area contributed by atoms with E-state index in [0.717, 1.165) is 31.3 Å². The topological polar surface area (TPSA) is 28.4 Å². The molecule has 1 aliphatic heterocycles. The van der Waals surface area contributed by atoms with Crippen molar-refractivity contribution in [2.75, 3.05) is 24.5 Å². The van der Waals surface area contributed by atoms with Crippen molar-refractivity contribution in [1.82, 2.24) is 5.32 Å². The van der Waals surface area contributed by atoms with Crippen molar-refractivity contribution >= 4 is 5.88 Å². The van der Waals surface area contributed by atoms with Gasteiger partial charge in [-0.25, -0.2) is 0 Å². The predicted octanol–water partition coefficient (Wildman–Crippen LogP) is 2.16. The molecule has 1 fully saturated rings. The number of hydrogen-bond donors (Lipinski definition) is 1. The van der Waals surface area contributed by atoms with Gasteiger partial charge in [-0.1, -0.05) is 0 Å². The average molecular weight is 194 g/mol. The van der Waals surface area contributed by atoms with Crippen molar-refractivity contribution in [2.45, 2.75) is 26.3 Å². The van der Waals surface area contributed by atoms with Crippen molar-refractivity contribution in [3.8, 4) is 0 Å². The third-order valence-corrected chi connectivity index (χ3v) is 2.85. The Morgan fingerprint density at radius 2 is 2.14 bits per heavy atom. The van der Waals surface area contributed by atoms with Crippen LogP contribution in [0.25, 0.3) is 0 Å². The summed E-state index contributed by atoms with van der Waals surface area (Å²) in [5.74, 6) is 2.08. The van der Waals surface area contributed by atoms with Gasteiger partial charge < -0.3 is 14.6 Å². The lowest BCUT2D eigenvalue weighted by Gasteiger charge is -2.25. The molecule has 0 spiro atoms. The third-order valence-electron chi connectivity index (χ3n) is 2.85. The first-order chi connectivity index (χ1) is 6.85. The minimum atomic E-state index is 0.458. The van der Waals surface area contributed by atoms with Crippen LogP contribution >= 0.6 is 0 Å². The van der Waals surface area contributed by atoms with E-state index in [4.69, 9.17) is 4.42 Å². The van der Waals surface area contributed by atoms with E-state index in [0.29, 0.717) is 6.04 Å². The van der Waals surface area contributed by atoms with Crippen molar-refractivity contribution in [2.24, 2.45) is 0 Å². The Bertz CT molecular complexity index is 287. The van der Waals surface area contributed by atoms with Gasteiger partial charge in [-0.2, -0.15) is 0 Å². The highest BCUT2D eigenvalue weighted by Gasteiger charge is 2.22. The van der Waals surface area contributed by atoms with Gasteiger partial charge in [0.25, 0.3) is 0 Å². The fraction of sp³-hybridized carbons (Fsp3) is 0.636. The summed E-state index contributed by atoms with van der Waals surface area (Å²) in [6.07, 6.45) is 1.20. The number of hydrogen-bond acceptors (Lipinski definition) is 3. The summed E-state index contributed by atoms with van der Waals surface area (Å²) < 4.78 is 5.79. The fourth-order valence-electron chi connectivity index (χ4n) is 1.77. The van der Waals surface area contributed by atoms with Crippen LogP contribution in [0.15, 0.2) is 16.5 Å². The summed E-state index contributed by atoms with van der Waals surface area (Å²) in [6, 6.07) is 4.62. The molecule has 1 aliphatic rings. The molecule has 3 nitrogen and oxygen atoms in total. The molecule has 0 aromatic carbocycles. The molecule has 2 heterocycles. The van der Waals surface area contributed by atoms with Gasteiger partial charge in [0.05, 0.1) is 6.04 Å². The zero-order chi connectivity index (χ0) is 9.97. The van der Waals surface area contributed by atoms with Gasteiger partial charge in [0.15, 0.2) is 5.88 Å². The lowest BCUT2D eigenvalue weighted by atomic mass is 10.1. The smallest absolute Gasteiger partial charge is 0.195 e. The zero-order valence-corrected chi connectivity index (χ0v) is 8.92. The summed E-state index contributed by atoms with van der Waals surface area (Å²) >= 11 is 0. The molecule has 1 atom stereocenters. The van der Waals surface area contributed by atoms with E-state index in [-0.39, 0.29) is 0 Å². The summed E-state index contributed by atoms with van der Waals surface area (Å²) in [6.45, 7) is 7.41. The predicted molar refractivity (Wildman–Crippen MR) is 57.6 cm³/mol. The Hall–Kier alpha value is -0.960. The van der Waals surface area contributed by atoms with Gasteiger partial charge in [-0.3, -0.25) is 0 Å². The molecule has 14 heavy (non-hydrogen) atoms. The second-order valence-electron chi connectivity index (χ2n) is 3.64. The van der Waals surface area contributed by atoms with Crippen molar-refractivity contribution in [3.05, 3.63) is 17.9 Å². The van der Waals surface area contributed by atoms with E-state index in [1.165, 1.54) is 6.42 Å². The standard InChI is InChI=1S/C11H18N2O/c1-3-13(4-2)11-6-5-10(14-11)9-7-8-12-9/h5-6,9,12H,3-4,7-8H2,1-2H3/t9-/m1/s1. The number of nitrogens with one attached hydrogen (secondary N) is 1. The largest absolute Gasteiger partial charge is 0.444 e. The van der Waals surface area contributed by atoms with E-state index < -0.39 is 0 Å². The average Bonchev–Trinajstić information content (AvgIpc) is 2.53. The number of anilines is 1. The summed E-state index contributed by atoms with van der Waals surface area (Å²) in [7, 11) is 0. The van der Waals surface area contributed by atoms with Gasteiger partial charge >= 0.3 is 0 Å². The van der Waals surface area contributed by atoms with E-state index in [2.05, 4.69) is 36.2 Å². The second kappa shape index (κ2) is 4.05. The lowest BCUT2D eigenvalue weighted by Crippen LogP contribution is -2.34. The van der Waals surface area contributed by atoms with E-state index in [9.17, 15) is 0 Å². The maximum atomic E-state index is 5.79. The minimum Gasteiger partial charge on any atom is -0.444 e. The SMILES string of the molecule is CCN(CC)c1ccc([C@H]2CCN2)o1. The first kappa shape index (κ1) is 9.59. The second-order valence-corrected chi connectivity index (χ2v) is 3.64. The molecule has 1 aromatic heterocycles. The Morgan fingerprint density at radius 3 is 2.64 bits per heavy atom. The van der Waals surface area contributed by atoms with Crippen LogP contribution in [-0.2, 0) is 0 Å². The third kappa shape index (κ3) is 1.64. The van der Waals surface area contributed by atoms with Gasteiger partial charge in [0.1, 0.15) is 5.76 Å². The summed E-state index contributed by atoms with van der Waals surface area (Å²) in [4.78, 5) is 2.22. The summed E-state index contributed by atoms with van der Waals surface area (Å²) in [5.41, 5.74) is 0.